The smallest absolute Gasteiger partial charge is 0.273 e. The Labute approximate surface area is 203 Å². The largest absolute Gasteiger partial charge is 0.378 e. The third-order valence-electron chi connectivity index (χ3n) is 5.76. The number of aromatic nitrogens is 4. The van der Waals surface area contributed by atoms with E-state index in [0.29, 0.717) is 30.4 Å². The van der Waals surface area contributed by atoms with Gasteiger partial charge in [0.05, 0.1) is 18.9 Å². The molecule has 0 atom stereocenters. The van der Waals surface area contributed by atoms with E-state index in [-0.39, 0.29) is 5.91 Å². The van der Waals surface area contributed by atoms with E-state index >= 15 is 0 Å². The maximum Gasteiger partial charge on any atom is 0.273 e. The highest BCUT2D eigenvalue weighted by Gasteiger charge is 2.16. The quantitative estimate of drug-likeness (QED) is 0.440. The number of anilines is 4. The van der Waals surface area contributed by atoms with E-state index in [4.69, 9.17) is 4.74 Å². The monoisotopic (exact) mass is 469 g/mol. The average molecular weight is 470 g/mol. The molecule has 3 heterocycles. The first-order valence-corrected chi connectivity index (χ1v) is 11.5. The van der Waals surface area contributed by atoms with Crippen LogP contribution in [0.4, 0.5) is 23.0 Å². The van der Waals surface area contributed by atoms with Crippen LogP contribution in [0.2, 0.25) is 0 Å². The molecule has 35 heavy (non-hydrogen) atoms. The van der Waals surface area contributed by atoms with Gasteiger partial charge in [-0.3, -0.25) is 9.48 Å². The normalized spacial score (nSPS) is 13.5. The van der Waals surface area contributed by atoms with Gasteiger partial charge in [0, 0.05) is 43.1 Å². The zero-order valence-electron chi connectivity index (χ0n) is 19.7. The lowest BCUT2D eigenvalue weighted by Crippen LogP contribution is -2.36. The first-order valence-electron chi connectivity index (χ1n) is 11.5. The maximum absolute atomic E-state index is 12.9. The van der Waals surface area contributed by atoms with Crippen molar-refractivity contribution in [3.63, 3.8) is 0 Å². The number of rotatable bonds is 6. The van der Waals surface area contributed by atoms with Gasteiger partial charge in [0.2, 0.25) is 0 Å². The van der Waals surface area contributed by atoms with Crippen LogP contribution in [0.15, 0.2) is 66.7 Å². The fraction of sp³-hybridized carbons (Fsp3) is 0.231. The molecular weight excluding hydrogens is 442 g/mol. The second kappa shape index (κ2) is 9.94. The topological polar surface area (TPSA) is 97.2 Å². The van der Waals surface area contributed by atoms with E-state index < -0.39 is 0 Å². The summed E-state index contributed by atoms with van der Waals surface area (Å²) in [7, 11) is 1.77. The summed E-state index contributed by atoms with van der Waals surface area (Å²) in [4.78, 5) is 24.1. The van der Waals surface area contributed by atoms with Gasteiger partial charge in [-0.25, -0.2) is 9.97 Å². The molecule has 1 fully saturated rings. The molecule has 0 spiro atoms. The summed E-state index contributed by atoms with van der Waals surface area (Å²) in [5.74, 6) is 2.09. The molecule has 1 amide bonds. The van der Waals surface area contributed by atoms with Crippen molar-refractivity contribution >= 4 is 28.9 Å². The summed E-state index contributed by atoms with van der Waals surface area (Å²) in [6.45, 7) is 4.91. The minimum absolute atomic E-state index is 0.218. The summed E-state index contributed by atoms with van der Waals surface area (Å²) in [5, 5.41) is 10.8. The third-order valence-corrected chi connectivity index (χ3v) is 5.76. The van der Waals surface area contributed by atoms with Gasteiger partial charge in [0.1, 0.15) is 23.2 Å². The molecular formula is C26H27N7O2. The molecule has 2 aromatic heterocycles. The van der Waals surface area contributed by atoms with Crippen LogP contribution in [0.5, 0.6) is 0 Å². The van der Waals surface area contributed by atoms with Crippen molar-refractivity contribution < 1.29 is 9.53 Å². The maximum atomic E-state index is 12.9. The fourth-order valence-corrected chi connectivity index (χ4v) is 3.98. The minimum atomic E-state index is -0.218. The van der Waals surface area contributed by atoms with Gasteiger partial charge < -0.3 is 20.3 Å². The summed E-state index contributed by atoms with van der Waals surface area (Å²) in [5.41, 5.74) is 3.76. The second-order valence-electron chi connectivity index (χ2n) is 8.32. The number of benzene rings is 2. The number of hydrogen-bond acceptors (Lipinski definition) is 7. The number of ether oxygens (including phenoxy) is 1. The van der Waals surface area contributed by atoms with Crippen molar-refractivity contribution in [3.8, 4) is 11.3 Å². The Morgan fingerprint density at radius 3 is 2.40 bits per heavy atom. The number of carbonyl (C=O) groups excluding carboxylic acids is 1. The van der Waals surface area contributed by atoms with Gasteiger partial charge in [-0.15, -0.1) is 0 Å². The number of hydrogen-bond donors (Lipinski definition) is 2. The van der Waals surface area contributed by atoms with Crippen molar-refractivity contribution in [1.29, 1.82) is 0 Å². The predicted molar refractivity (Wildman–Crippen MR) is 136 cm³/mol. The number of morpholine rings is 1. The molecule has 2 aromatic carbocycles. The first-order chi connectivity index (χ1) is 17.0. The Bertz CT molecular complexity index is 1310. The number of nitrogens with one attached hydrogen (secondary N) is 2. The molecule has 1 aliphatic rings. The summed E-state index contributed by atoms with van der Waals surface area (Å²) >= 11 is 0. The van der Waals surface area contributed by atoms with E-state index in [1.807, 2.05) is 67.6 Å². The highest BCUT2D eigenvalue weighted by molar-refractivity contribution is 6.03. The molecule has 1 aliphatic heterocycles. The molecule has 0 bridgehead atoms. The zero-order chi connectivity index (χ0) is 24.2. The van der Waals surface area contributed by atoms with Gasteiger partial charge >= 0.3 is 0 Å². The van der Waals surface area contributed by atoms with E-state index in [2.05, 4.69) is 30.6 Å². The fourth-order valence-electron chi connectivity index (χ4n) is 3.98. The van der Waals surface area contributed by atoms with E-state index in [1.165, 1.54) is 0 Å². The van der Waals surface area contributed by atoms with Crippen LogP contribution in [0.25, 0.3) is 11.3 Å². The molecule has 2 N–H and O–H groups in total. The van der Waals surface area contributed by atoms with Crippen LogP contribution in [-0.4, -0.2) is 52.0 Å². The molecule has 9 nitrogen and oxygen atoms in total. The lowest BCUT2D eigenvalue weighted by Gasteiger charge is -2.28. The van der Waals surface area contributed by atoms with Crippen LogP contribution in [-0.2, 0) is 11.8 Å². The highest BCUT2D eigenvalue weighted by Crippen LogP contribution is 2.23. The average Bonchev–Trinajstić information content (AvgIpc) is 3.28. The SMILES string of the molecule is Cc1nc(Nc2ccc(NC(=O)c3cc(-c4ccccc4)nn3C)cc2)cc(N2CCOCC2)n1. The Kier molecular flexibility index (Phi) is 6.40. The van der Waals surface area contributed by atoms with Crippen LogP contribution >= 0.6 is 0 Å². The second-order valence-corrected chi connectivity index (χ2v) is 8.32. The Morgan fingerprint density at radius 2 is 1.66 bits per heavy atom. The van der Waals surface area contributed by atoms with Crippen molar-refractivity contribution in [2.75, 3.05) is 41.8 Å². The highest BCUT2D eigenvalue weighted by atomic mass is 16.5. The Morgan fingerprint density at radius 1 is 0.943 bits per heavy atom. The molecule has 0 aliphatic carbocycles. The first kappa shape index (κ1) is 22.5. The molecule has 5 rings (SSSR count). The molecule has 0 radical (unpaired) electrons. The van der Waals surface area contributed by atoms with Crippen LogP contribution in [0, 0.1) is 6.92 Å². The Balaban J connectivity index is 1.26. The van der Waals surface area contributed by atoms with E-state index in [0.717, 1.165) is 41.7 Å². The summed E-state index contributed by atoms with van der Waals surface area (Å²) in [6.07, 6.45) is 0. The predicted octanol–water partition coefficient (Wildman–Crippen LogP) is 4.02. The standard InChI is InChI=1S/C26H27N7O2/c1-18-27-24(17-25(28-18)33-12-14-35-15-13-33)29-20-8-10-21(11-9-20)30-26(34)23-16-22(31-32(23)2)19-6-4-3-5-7-19/h3-11,16-17H,12-15H2,1-2H3,(H,30,34)(H,27,28,29). The summed E-state index contributed by atoms with van der Waals surface area (Å²) in [6, 6.07) is 21.0. The van der Waals surface area contributed by atoms with Crippen LogP contribution < -0.4 is 15.5 Å². The molecule has 0 saturated carbocycles. The molecule has 9 heteroatoms. The number of carbonyl (C=O) groups is 1. The van der Waals surface area contributed by atoms with Gasteiger partial charge in [-0.1, -0.05) is 30.3 Å². The Hall–Kier alpha value is -4.24. The van der Waals surface area contributed by atoms with Crippen molar-refractivity contribution in [1.82, 2.24) is 19.7 Å². The lowest BCUT2D eigenvalue weighted by molar-refractivity contribution is 0.101. The zero-order valence-corrected chi connectivity index (χ0v) is 19.7. The van der Waals surface area contributed by atoms with Gasteiger partial charge in [-0.2, -0.15) is 5.10 Å². The van der Waals surface area contributed by atoms with Gasteiger partial charge in [-0.05, 0) is 37.3 Å². The summed E-state index contributed by atoms with van der Waals surface area (Å²) < 4.78 is 7.03. The van der Waals surface area contributed by atoms with Gasteiger partial charge in [0.25, 0.3) is 5.91 Å². The molecule has 178 valence electrons. The van der Waals surface area contributed by atoms with Crippen molar-refractivity contribution in [3.05, 3.63) is 78.2 Å². The third kappa shape index (κ3) is 5.30. The van der Waals surface area contributed by atoms with Crippen molar-refractivity contribution in [2.24, 2.45) is 7.05 Å². The van der Waals surface area contributed by atoms with Crippen LogP contribution in [0.3, 0.4) is 0 Å². The number of amides is 1. The molecule has 0 unspecified atom stereocenters. The van der Waals surface area contributed by atoms with Crippen LogP contribution in [0.1, 0.15) is 16.3 Å². The van der Waals surface area contributed by atoms with Gasteiger partial charge in [0.15, 0.2) is 0 Å². The number of aryl methyl sites for hydroxylation is 2. The van der Waals surface area contributed by atoms with Crippen molar-refractivity contribution in [2.45, 2.75) is 6.92 Å². The molecule has 1 saturated heterocycles. The number of nitrogens with zero attached hydrogens (tertiary/aromatic N) is 5. The lowest BCUT2D eigenvalue weighted by atomic mass is 10.1. The van der Waals surface area contributed by atoms with E-state index in [9.17, 15) is 4.79 Å². The minimum Gasteiger partial charge on any atom is -0.378 e. The van der Waals surface area contributed by atoms with E-state index in [1.54, 1.807) is 17.8 Å². The molecule has 4 aromatic rings.